The average molecular weight is 345 g/mol. The molecule has 7 heteroatoms. The number of hydrogen-bond acceptors (Lipinski definition) is 5. The zero-order valence-electron chi connectivity index (χ0n) is 12.0. The molecule has 1 aliphatic carbocycles. The molecule has 4 rings (SSSR count). The topological polar surface area (TPSA) is 66.9 Å². The van der Waals surface area contributed by atoms with Gasteiger partial charge in [0, 0.05) is 16.6 Å². The Morgan fingerprint density at radius 1 is 1.13 bits per heavy atom. The van der Waals surface area contributed by atoms with E-state index in [0.29, 0.717) is 10.2 Å². The Kier molecular flexibility index (Phi) is 3.63. The molecule has 1 saturated carbocycles. The van der Waals surface area contributed by atoms with Crippen molar-refractivity contribution in [2.24, 2.45) is 5.92 Å². The van der Waals surface area contributed by atoms with Crippen LogP contribution in [0.3, 0.4) is 0 Å². The van der Waals surface area contributed by atoms with Gasteiger partial charge in [-0.05, 0) is 49.2 Å². The Labute approximate surface area is 141 Å². The number of halogens is 1. The van der Waals surface area contributed by atoms with Gasteiger partial charge in [-0.15, -0.1) is 0 Å². The second-order valence-electron chi connectivity index (χ2n) is 5.44. The minimum absolute atomic E-state index is 0.0589. The summed E-state index contributed by atoms with van der Waals surface area (Å²) in [5.74, 6) is 0.948. The molecule has 3 aromatic rings. The van der Waals surface area contributed by atoms with E-state index in [1.165, 1.54) is 11.3 Å². The van der Waals surface area contributed by atoms with Gasteiger partial charge in [0.05, 0.1) is 0 Å². The molecule has 0 aliphatic heterocycles. The third-order valence-electron chi connectivity index (χ3n) is 3.55. The molecule has 5 nitrogen and oxygen atoms in total. The molecule has 0 spiro atoms. The maximum atomic E-state index is 11.8. The van der Waals surface area contributed by atoms with Gasteiger partial charge in [0.1, 0.15) is 16.2 Å². The number of hydrogen-bond donors (Lipinski definition) is 2. The van der Waals surface area contributed by atoms with Crippen molar-refractivity contribution in [2.45, 2.75) is 12.8 Å². The van der Waals surface area contributed by atoms with Gasteiger partial charge in [-0.25, -0.2) is 9.97 Å². The molecule has 1 aliphatic rings. The van der Waals surface area contributed by atoms with Crippen LogP contribution in [-0.2, 0) is 4.79 Å². The summed E-state index contributed by atoms with van der Waals surface area (Å²) < 4.78 is 0. The lowest BCUT2D eigenvalue weighted by Crippen LogP contribution is -2.12. The molecule has 23 heavy (non-hydrogen) atoms. The van der Waals surface area contributed by atoms with E-state index in [1.54, 1.807) is 0 Å². The molecule has 2 N–H and O–H groups in total. The van der Waals surface area contributed by atoms with Crippen LogP contribution in [0.15, 0.2) is 36.4 Å². The lowest BCUT2D eigenvalue weighted by molar-refractivity contribution is -0.117. The number of benzene rings is 1. The van der Waals surface area contributed by atoms with Crippen LogP contribution in [0.5, 0.6) is 0 Å². The van der Waals surface area contributed by atoms with E-state index in [1.807, 2.05) is 36.4 Å². The first-order valence-corrected chi connectivity index (χ1v) is 8.48. The van der Waals surface area contributed by atoms with Crippen molar-refractivity contribution in [2.75, 3.05) is 10.6 Å². The van der Waals surface area contributed by atoms with Crippen molar-refractivity contribution in [1.82, 2.24) is 9.97 Å². The van der Waals surface area contributed by atoms with Gasteiger partial charge in [0.2, 0.25) is 5.91 Å². The van der Waals surface area contributed by atoms with Crippen LogP contribution in [0, 0.1) is 5.92 Å². The van der Waals surface area contributed by atoms with E-state index < -0.39 is 0 Å². The van der Waals surface area contributed by atoms with Crippen LogP contribution < -0.4 is 10.6 Å². The number of carbonyl (C=O) groups excluding carboxylic acids is 1. The summed E-state index contributed by atoms with van der Waals surface area (Å²) >= 11 is 7.26. The highest BCUT2D eigenvalue weighted by Crippen LogP contribution is 2.32. The van der Waals surface area contributed by atoms with Gasteiger partial charge in [0.15, 0.2) is 5.13 Å². The maximum absolute atomic E-state index is 11.8. The Bertz CT molecular complexity index is 873. The normalized spacial score (nSPS) is 14.0. The fraction of sp³-hybridized carbons (Fsp3) is 0.188. The number of nitrogens with zero attached hydrogens (tertiary/aromatic N) is 2. The summed E-state index contributed by atoms with van der Waals surface area (Å²) in [5.41, 5.74) is 1.69. The van der Waals surface area contributed by atoms with Crippen LogP contribution in [0.25, 0.3) is 10.3 Å². The van der Waals surface area contributed by atoms with Gasteiger partial charge >= 0.3 is 0 Å². The third-order valence-corrected chi connectivity index (χ3v) is 4.68. The Morgan fingerprint density at radius 2 is 1.91 bits per heavy atom. The molecule has 1 amide bonds. The molecule has 0 radical (unpaired) electrons. The number of anilines is 3. The maximum Gasteiger partial charge on any atom is 0.229 e. The smallest absolute Gasteiger partial charge is 0.229 e. The summed E-state index contributed by atoms with van der Waals surface area (Å²) in [6.45, 7) is 0. The monoisotopic (exact) mass is 344 g/mol. The zero-order chi connectivity index (χ0) is 15.8. The molecular formula is C16H13ClN4OS. The van der Waals surface area contributed by atoms with Gasteiger partial charge in [-0.2, -0.15) is 0 Å². The van der Waals surface area contributed by atoms with E-state index in [2.05, 4.69) is 20.6 Å². The molecule has 0 bridgehead atoms. The van der Waals surface area contributed by atoms with Gasteiger partial charge in [-0.3, -0.25) is 4.79 Å². The van der Waals surface area contributed by atoms with E-state index in [4.69, 9.17) is 11.6 Å². The van der Waals surface area contributed by atoms with E-state index in [9.17, 15) is 4.79 Å². The minimum atomic E-state index is 0.0589. The summed E-state index contributed by atoms with van der Waals surface area (Å²) in [7, 11) is 0. The second-order valence-corrected chi connectivity index (χ2v) is 6.85. The Hall–Kier alpha value is -2.18. The van der Waals surface area contributed by atoms with Crippen molar-refractivity contribution in [3.63, 3.8) is 0 Å². The zero-order valence-corrected chi connectivity index (χ0v) is 13.6. The number of rotatable bonds is 4. The second kappa shape index (κ2) is 5.79. The van der Waals surface area contributed by atoms with Gasteiger partial charge < -0.3 is 10.6 Å². The van der Waals surface area contributed by atoms with Gasteiger partial charge in [-0.1, -0.05) is 22.9 Å². The summed E-state index contributed by atoms with van der Waals surface area (Å²) in [6, 6.07) is 11.2. The Morgan fingerprint density at radius 3 is 2.65 bits per heavy atom. The Balaban J connectivity index is 1.54. The number of carbonyl (C=O) groups is 1. The number of pyridine rings is 1. The fourth-order valence-electron chi connectivity index (χ4n) is 2.17. The average Bonchev–Trinajstić information content (AvgIpc) is 3.31. The van der Waals surface area contributed by atoms with Crippen LogP contribution >= 0.6 is 22.9 Å². The molecular weight excluding hydrogens is 332 g/mol. The quantitative estimate of drug-likeness (QED) is 0.734. The first-order chi connectivity index (χ1) is 11.2. The largest absolute Gasteiger partial charge is 0.340 e. The van der Waals surface area contributed by atoms with Crippen LogP contribution in [0.4, 0.5) is 16.6 Å². The molecule has 0 saturated heterocycles. The van der Waals surface area contributed by atoms with Crippen molar-refractivity contribution in [3.8, 4) is 0 Å². The first kappa shape index (κ1) is 14.4. The summed E-state index contributed by atoms with van der Waals surface area (Å²) in [4.78, 5) is 21.5. The number of amides is 1. The highest BCUT2D eigenvalue weighted by molar-refractivity contribution is 7.22. The van der Waals surface area contributed by atoms with Crippen LogP contribution in [-0.4, -0.2) is 15.9 Å². The molecule has 1 aromatic carbocycles. The molecule has 2 heterocycles. The number of nitrogens with one attached hydrogen (secondary N) is 2. The summed E-state index contributed by atoms with van der Waals surface area (Å²) in [6.07, 6.45) is 1.95. The predicted octanol–water partition coefficient (Wildman–Crippen LogP) is 4.44. The molecule has 1 fully saturated rings. The van der Waals surface area contributed by atoms with Crippen LogP contribution in [0.2, 0.25) is 5.02 Å². The van der Waals surface area contributed by atoms with Crippen molar-refractivity contribution in [3.05, 3.63) is 41.4 Å². The predicted molar refractivity (Wildman–Crippen MR) is 93.5 cm³/mol. The lowest BCUT2D eigenvalue weighted by Gasteiger charge is -2.04. The minimum Gasteiger partial charge on any atom is -0.340 e. The first-order valence-electron chi connectivity index (χ1n) is 7.28. The SMILES string of the molecule is O=C(Nc1nc2ccc(Nc3ccc(Cl)cc3)nc2s1)C1CC1. The number of thiazole rings is 1. The molecule has 0 unspecified atom stereocenters. The lowest BCUT2D eigenvalue weighted by atomic mass is 10.3. The molecule has 2 aromatic heterocycles. The highest BCUT2D eigenvalue weighted by Gasteiger charge is 2.30. The van der Waals surface area contributed by atoms with Crippen molar-refractivity contribution >= 4 is 55.8 Å². The number of fused-ring (bicyclic) bond motifs is 1. The van der Waals surface area contributed by atoms with E-state index >= 15 is 0 Å². The standard InChI is InChI=1S/C16H13ClN4OS/c17-10-3-5-11(6-4-10)18-13-8-7-12-15(20-13)23-16(19-12)21-14(22)9-1-2-9/h3-9H,1-2H2,(H,18,20)(H,19,21,22). The summed E-state index contributed by atoms with van der Waals surface area (Å²) in [5, 5.41) is 7.38. The van der Waals surface area contributed by atoms with Crippen molar-refractivity contribution in [1.29, 1.82) is 0 Å². The van der Waals surface area contributed by atoms with Crippen LogP contribution in [0.1, 0.15) is 12.8 Å². The van der Waals surface area contributed by atoms with E-state index in [-0.39, 0.29) is 11.8 Å². The van der Waals surface area contributed by atoms with Crippen molar-refractivity contribution < 1.29 is 4.79 Å². The van der Waals surface area contributed by atoms with E-state index in [0.717, 1.165) is 34.7 Å². The fourth-order valence-corrected chi connectivity index (χ4v) is 3.14. The molecule has 116 valence electrons. The van der Waals surface area contributed by atoms with Gasteiger partial charge in [0.25, 0.3) is 0 Å². The highest BCUT2D eigenvalue weighted by atomic mass is 35.5. The third kappa shape index (κ3) is 3.28. The number of aromatic nitrogens is 2. The molecule has 0 atom stereocenters.